The van der Waals surface area contributed by atoms with Crippen molar-refractivity contribution in [3.05, 3.63) is 59.9 Å². The van der Waals surface area contributed by atoms with Gasteiger partial charge in [0.05, 0.1) is 11.1 Å². The third-order valence-corrected chi connectivity index (χ3v) is 5.80. The maximum atomic E-state index is 14.5. The summed E-state index contributed by atoms with van der Waals surface area (Å²) >= 11 is 0. The van der Waals surface area contributed by atoms with Crippen molar-refractivity contribution in [1.29, 1.82) is 0 Å². The maximum absolute atomic E-state index is 14.5. The zero-order valence-corrected chi connectivity index (χ0v) is 18.2. The highest BCUT2D eigenvalue weighted by atomic mass is 19.1. The molecule has 0 saturated carbocycles. The van der Waals surface area contributed by atoms with Gasteiger partial charge in [-0.2, -0.15) is 4.98 Å². The van der Waals surface area contributed by atoms with Gasteiger partial charge in [-0.15, -0.1) is 5.10 Å². The van der Waals surface area contributed by atoms with Gasteiger partial charge in [-0.3, -0.25) is 4.79 Å². The van der Waals surface area contributed by atoms with Crippen molar-refractivity contribution in [1.82, 2.24) is 24.6 Å². The highest BCUT2D eigenvalue weighted by Crippen LogP contribution is 2.34. The van der Waals surface area contributed by atoms with Crippen LogP contribution >= 0.6 is 0 Å². The molecule has 2 aromatic carbocycles. The first-order valence-electron chi connectivity index (χ1n) is 10.6. The van der Waals surface area contributed by atoms with Gasteiger partial charge in [-0.25, -0.2) is 22.8 Å². The van der Waals surface area contributed by atoms with Crippen molar-refractivity contribution in [3.8, 4) is 16.9 Å². The Bertz CT molecular complexity index is 1410. The number of amides is 1. The van der Waals surface area contributed by atoms with Crippen LogP contribution < -0.4 is 10.6 Å². The minimum absolute atomic E-state index is 0.00768. The van der Waals surface area contributed by atoms with E-state index in [0.717, 1.165) is 22.9 Å². The molecule has 174 valence electrons. The van der Waals surface area contributed by atoms with Crippen LogP contribution in [0.2, 0.25) is 0 Å². The van der Waals surface area contributed by atoms with Gasteiger partial charge >= 0.3 is 0 Å². The number of halogens is 3. The van der Waals surface area contributed by atoms with E-state index < -0.39 is 17.5 Å². The van der Waals surface area contributed by atoms with Crippen LogP contribution in [0.25, 0.3) is 28.0 Å². The van der Waals surface area contributed by atoms with Crippen molar-refractivity contribution >= 4 is 28.7 Å². The van der Waals surface area contributed by atoms with Gasteiger partial charge in [-0.1, -0.05) is 12.1 Å². The lowest BCUT2D eigenvalue weighted by Crippen LogP contribution is -2.48. The van der Waals surface area contributed by atoms with Crippen LogP contribution in [0.5, 0.6) is 0 Å². The molecule has 0 aliphatic carbocycles. The molecule has 11 heteroatoms. The first kappa shape index (κ1) is 21.7. The fourth-order valence-electron chi connectivity index (χ4n) is 4.04. The number of hydrogen-bond acceptors (Lipinski definition) is 6. The number of fused-ring (bicyclic) bond motifs is 1. The fourth-order valence-corrected chi connectivity index (χ4v) is 4.04. The number of aromatic nitrogens is 4. The molecule has 0 spiro atoms. The Hall–Kier alpha value is -4.15. The zero-order valence-electron chi connectivity index (χ0n) is 18.2. The van der Waals surface area contributed by atoms with Crippen LogP contribution in [0.15, 0.2) is 42.5 Å². The molecule has 1 aliphatic rings. The van der Waals surface area contributed by atoms with E-state index in [-0.39, 0.29) is 23.1 Å². The average Bonchev–Trinajstić information content (AvgIpc) is 3.16. The number of hydrogen-bond donors (Lipinski definition) is 1. The van der Waals surface area contributed by atoms with Crippen molar-refractivity contribution in [3.63, 3.8) is 0 Å². The summed E-state index contributed by atoms with van der Waals surface area (Å²) in [5, 5.41) is 4.63. The Morgan fingerprint density at radius 1 is 0.971 bits per heavy atom. The summed E-state index contributed by atoms with van der Waals surface area (Å²) in [5.41, 5.74) is 7.04. The summed E-state index contributed by atoms with van der Waals surface area (Å²) in [5.74, 6) is -1.55. The Balaban J connectivity index is 1.69. The number of anilines is 2. The number of rotatable bonds is 3. The molecule has 8 nitrogen and oxygen atoms in total. The highest BCUT2D eigenvalue weighted by Gasteiger charge is 2.25. The molecule has 34 heavy (non-hydrogen) atoms. The Morgan fingerprint density at radius 3 is 2.41 bits per heavy atom. The topological polar surface area (TPSA) is 93.2 Å². The molecule has 0 atom stereocenters. The second-order valence-electron chi connectivity index (χ2n) is 7.97. The number of nitrogens with two attached hydrogens (primary N) is 1. The summed E-state index contributed by atoms with van der Waals surface area (Å²) in [6.45, 7) is 3.49. The van der Waals surface area contributed by atoms with Gasteiger partial charge in [0.2, 0.25) is 11.9 Å². The second-order valence-corrected chi connectivity index (χ2v) is 7.97. The molecular formula is C23H20F3N7O. The van der Waals surface area contributed by atoms with E-state index in [0.29, 0.717) is 48.8 Å². The summed E-state index contributed by atoms with van der Waals surface area (Å²) in [6.07, 6.45) is 0. The lowest BCUT2D eigenvalue weighted by molar-refractivity contribution is -0.129. The van der Waals surface area contributed by atoms with Crippen LogP contribution in [0.4, 0.5) is 24.9 Å². The third-order valence-electron chi connectivity index (χ3n) is 5.80. The summed E-state index contributed by atoms with van der Waals surface area (Å²) in [4.78, 5) is 24.5. The monoisotopic (exact) mass is 467 g/mol. The largest absolute Gasteiger partial charge is 0.383 e. The van der Waals surface area contributed by atoms with Gasteiger partial charge in [-0.05, 0) is 24.3 Å². The molecule has 4 aromatic rings. The average molecular weight is 467 g/mol. The SMILES string of the molecule is CC(=O)N1CCN(c2nc(-c3cccc(F)c3)c3c(N)n(-c4cc(F)ccc4F)nc3n2)CC1. The standard InChI is InChI=1S/C23H20F3N7O/c1-13(34)31-7-9-32(10-8-31)23-28-20(14-3-2-4-15(24)11-14)19-21(27)33(30-22(19)29-23)18-12-16(25)5-6-17(18)26/h2-6,11-12H,7-10,27H2,1H3. The van der Waals surface area contributed by atoms with E-state index in [1.54, 1.807) is 11.0 Å². The smallest absolute Gasteiger partial charge is 0.228 e. The van der Waals surface area contributed by atoms with Crippen molar-refractivity contribution in [2.24, 2.45) is 0 Å². The van der Waals surface area contributed by atoms with E-state index in [1.807, 2.05) is 4.90 Å². The molecule has 1 saturated heterocycles. The summed E-state index contributed by atoms with van der Waals surface area (Å²) in [7, 11) is 0. The number of carbonyl (C=O) groups is 1. The summed E-state index contributed by atoms with van der Waals surface area (Å²) < 4.78 is 43.5. The van der Waals surface area contributed by atoms with Crippen molar-refractivity contribution in [2.45, 2.75) is 6.92 Å². The predicted molar refractivity (Wildman–Crippen MR) is 121 cm³/mol. The molecule has 1 amide bonds. The lowest BCUT2D eigenvalue weighted by Gasteiger charge is -2.34. The van der Waals surface area contributed by atoms with E-state index in [2.05, 4.69) is 15.1 Å². The second kappa shape index (κ2) is 8.32. The van der Waals surface area contributed by atoms with Crippen LogP contribution in [0, 0.1) is 17.5 Å². The van der Waals surface area contributed by atoms with Crippen LogP contribution in [-0.2, 0) is 4.79 Å². The molecule has 1 fully saturated rings. The Labute approximate surface area is 192 Å². The van der Waals surface area contributed by atoms with Gasteiger partial charge in [0, 0.05) is 44.7 Å². The minimum atomic E-state index is -0.721. The first-order chi connectivity index (χ1) is 16.3. The molecule has 5 rings (SSSR count). The van der Waals surface area contributed by atoms with Crippen LogP contribution in [0.3, 0.4) is 0 Å². The number of piperazine rings is 1. The Kier molecular flexibility index (Phi) is 5.31. The van der Waals surface area contributed by atoms with Crippen molar-refractivity contribution in [2.75, 3.05) is 36.8 Å². The van der Waals surface area contributed by atoms with Crippen LogP contribution in [-0.4, -0.2) is 56.7 Å². The molecule has 0 radical (unpaired) electrons. The van der Waals surface area contributed by atoms with Gasteiger partial charge in [0.15, 0.2) is 5.65 Å². The van der Waals surface area contributed by atoms with Gasteiger partial charge < -0.3 is 15.5 Å². The van der Waals surface area contributed by atoms with E-state index in [1.165, 1.54) is 25.1 Å². The number of carbonyl (C=O) groups excluding carboxylic acids is 1. The van der Waals surface area contributed by atoms with Crippen LogP contribution in [0.1, 0.15) is 6.92 Å². The minimum Gasteiger partial charge on any atom is -0.383 e. The number of nitrogens with zero attached hydrogens (tertiary/aromatic N) is 6. The normalized spacial score (nSPS) is 14.1. The lowest BCUT2D eigenvalue weighted by atomic mass is 10.1. The zero-order chi connectivity index (χ0) is 24.0. The molecule has 3 heterocycles. The summed E-state index contributed by atoms with van der Waals surface area (Å²) in [6, 6.07) is 8.77. The molecular weight excluding hydrogens is 447 g/mol. The van der Waals surface area contributed by atoms with Crippen molar-refractivity contribution < 1.29 is 18.0 Å². The third kappa shape index (κ3) is 3.78. The molecule has 2 N–H and O–H groups in total. The highest BCUT2D eigenvalue weighted by molar-refractivity contribution is 5.99. The molecule has 0 bridgehead atoms. The quantitative estimate of drug-likeness (QED) is 0.498. The number of benzene rings is 2. The molecule has 2 aromatic heterocycles. The maximum Gasteiger partial charge on any atom is 0.228 e. The van der Waals surface area contributed by atoms with Gasteiger partial charge in [0.1, 0.15) is 29.0 Å². The van der Waals surface area contributed by atoms with E-state index >= 15 is 0 Å². The first-order valence-corrected chi connectivity index (χ1v) is 10.6. The van der Waals surface area contributed by atoms with E-state index in [4.69, 9.17) is 5.73 Å². The number of nitrogen functional groups attached to an aromatic ring is 1. The fraction of sp³-hybridized carbons (Fsp3) is 0.217. The van der Waals surface area contributed by atoms with E-state index in [9.17, 15) is 18.0 Å². The van der Waals surface area contributed by atoms with Gasteiger partial charge in [0.25, 0.3) is 0 Å². The Morgan fingerprint density at radius 2 is 1.71 bits per heavy atom. The predicted octanol–water partition coefficient (Wildman–Crippen LogP) is 3.15. The molecule has 0 unspecified atom stereocenters. The molecule has 1 aliphatic heterocycles.